The molecule has 0 bridgehead atoms. The molecule has 0 amide bonds. The Bertz CT molecular complexity index is 4140. The van der Waals surface area contributed by atoms with Crippen molar-refractivity contribution >= 4 is 17.1 Å². The number of fused-ring (bicyclic) bond motifs is 17. The summed E-state index contributed by atoms with van der Waals surface area (Å²) in [5.41, 5.74) is 31.3. The number of para-hydroxylation sites is 1. The lowest BCUT2D eigenvalue weighted by atomic mass is 9.69. The fraction of sp³-hybridized carbons (Fsp3) is 0.0959. The van der Waals surface area contributed by atoms with Crippen molar-refractivity contribution in [1.29, 1.82) is 0 Å². The molecule has 1 heteroatoms. The maximum absolute atomic E-state index is 2.55. The summed E-state index contributed by atoms with van der Waals surface area (Å²) in [5, 5.41) is 0. The highest BCUT2D eigenvalue weighted by molar-refractivity contribution is 6.04. The van der Waals surface area contributed by atoms with Gasteiger partial charge in [0.2, 0.25) is 0 Å². The largest absolute Gasteiger partial charge is 0.310 e. The maximum atomic E-state index is 2.55. The quantitative estimate of drug-likeness (QED) is 0.161. The van der Waals surface area contributed by atoms with E-state index in [0.29, 0.717) is 0 Å². The molecule has 0 fully saturated rings. The van der Waals surface area contributed by atoms with Crippen molar-refractivity contribution < 1.29 is 0 Å². The van der Waals surface area contributed by atoms with Crippen LogP contribution in [0.3, 0.4) is 0 Å². The molecule has 11 aromatic rings. The maximum Gasteiger partial charge on any atom is 0.0725 e. The van der Waals surface area contributed by atoms with Gasteiger partial charge in [0.1, 0.15) is 0 Å². The highest BCUT2D eigenvalue weighted by atomic mass is 15.1. The summed E-state index contributed by atoms with van der Waals surface area (Å²) in [4.78, 5) is 2.52. The van der Waals surface area contributed by atoms with Crippen LogP contribution in [0.5, 0.6) is 0 Å². The molecule has 4 aliphatic carbocycles. The van der Waals surface area contributed by atoms with Crippen molar-refractivity contribution in [3.05, 3.63) is 293 Å². The van der Waals surface area contributed by atoms with Gasteiger partial charge in [-0.05, 0) is 159 Å². The zero-order valence-corrected chi connectivity index (χ0v) is 42.1. The summed E-state index contributed by atoms with van der Waals surface area (Å²) in [7, 11) is 0. The van der Waals surface area contributed by atoms with Crippen LogP contribution in [0, 0.1) is 0 Å². The average molecular weight is 944 g/mol. The van der Waals surface area contributed by atoms with Crippen molar-refractivity contribution in [2.24, 2.45) is 0 Å². The number of nitrogens with zero attached hydrogens (tertiary/aromatic N) is 1. The highest BCUT2D eigenvalue weighted by Gasteiger charge is 2.54. The molecule has 4 aliphatic rings. The van der Waals surface area contributed by atoms with Gasteiger partial charge in [-0.1, -0.05) is 234 Å². The first-order chi connectivity index (χ1) is 36.2. The van der Waals surface area contributed by atoms with Crippen molar-refractivity contribution in [3.63, 3.8) is 0 Å². The first-order valence-electron chi connectivity index (χ1n) is 26.2. The van der Waals surface area contributed by atoms with Crippen LogP contribution in [0.4, 0.5) is 17.1 Å². The molecular formula is C73H53N. The molecule has 1 nitrogen and oxygen atoms in total. The molecule has 0 saturated carbocycles. The van der Waals surface area contributed by atoms with Crippen LogP contribution in [0.2, 0.25) is 0 Å². The van der Waals surface area contributed by atoms with Crippen LogP contribution in [0.1, 0.15) is 72.2 Å². The van der Waals surface area contributed by atoms with E-state index < -0.39 is 5.41 Å². The normalized spacial score (nSPS) is 16.1. The molecule has 1 spiro atoms. The standard InChI is InChI=1S/C73H53N/c1-71(2)61-31-17-13-28-58(61)69-64(71)39-40-65-70(69)59-29-14-19-33-63(59)73(65)62-32-18-12-27-55(62)57-37-35-48(44-67(57)73)50-41-49(46-21-7-5-8-22-46)42-52(43-50)74(68-34-20-15-25-53(68)47-23-9-6-10-24-47)51-36-38-56-54-26-11-16-30-60(54)72(3,4)66(56)45-51/h5-45H,1-4H3. The zero-order chi connectivity index (χ0) is 49.5. The summed E-state index contributed by atoms with van der Waals surface area (Å²) >= 11 is 0. The third-order valence-electron chi connectivity index (χ3n) is 17.5. The van der Waals surface area contributed by atoms with Crippen LogP contribution < -0.4 is 4.90 Å². The Balaban J connectivity index is 0.983. The van der Waals surface area contributed by atoms with E-state index in [9.17, 15) is 0 Å². The summed E-state index contributed by atoms with van der Waals surface area (Å²) < 4.78 is 0. The minimum absolute atomic E-state index is 0.109. The smallest absolute Gasteiger partial charge is 0.0725 e. The Morgan fingerprint density at radius 1 is 0.243 bits per heavy atom. The van der Waals surface area contributed by atoms with Gasteiger partial charge >= 0.3 is 0 Å². The Kier molecular flexibility index (Phi) is 9.04. The topological polar surface area (TPSA) is 3.24 Å². The van der Waals surface area contributed by atoms with E-state index in [4.69, 9.17) is 0 Å². The average Bonchev–Trinajstić information content (AvgIpc) is 4.27. The summed E-state index contributed by atoms with van der Waals surface area (Å²) in [5.74, 6) is 0. The minimum Gasteiger partial charge on any atom is -0.310 e. The van der Waals surface area contributed by atoms with Crippen LogP contribution >= 0.6 is 0 Å². The van der Waals surface area contributed by atoms with Crippen molar-refractivity contribution in [3.8, 4) is 77.9 Å². The van der Waals surface area contributed by atoms with Gasteiger partial charge in [-0.25, -0.2) is 0 Å². The Morgan fingerprint density at radius 2 is 0.703 bits per heavy atom. The Hall–Kier alpha value is -8.78. The van der Waals surface area contributed by atoms with E-state index in [0.717, 1.165) is 17.1 Å². The zero-order valence-electron chi connectivity index (χ0n) is 42.1. The molecule has 1 unspecified atom stereocenters. The van der Waals surface area contributed by atoms with Crippen LogP contribution in [-0.4, -0.2) is 0 Å². The predicted molar refractivity (Wildman–Crippen MR) is 309 cm³/mol. The first kappa shape index (κ1) is 42.9. The highest BCUT2D eigenvalue weighted by Crippen LogP contribution is 2.67. The van der Waals surface area contributed by atoms with Gasteiger partial charge in [0, 0.05) is 27.8 Å². The minimum atomic E-state index is -0.514. The molecule has 1 atom stereocenters. The summed E-state index contributed by atoms with van der Waals surface area (Å²) in [6.07, 6.45) is 0. The molecule has 11 aromatic carbocycles. The molecule has 0 saturated heterocycles. The van der Waals surface area contributed by atoms with Crippen molar-refractivity contribution in [1.82, 2.24) is 0 Å². The first-order valence-corrected chi connectivity index (χ1v) is 26.2. The molecule has 0 radical (unpaired) electrons. The SMILES string of the molecule is CC1(C)c2ccccc2-c2ccc(N(c3cc(-c4ccccc4)cc(-c4ccc5c(c4)C4(c6ccccc6-5)c5ccccc5-c5c4ccc4c5-c5ccccc5C4(C)C)c3)c3ccccc3-c3ccccc3)cc21. The molecule has 74 heavy (non-hydrogen) atoms. The van der Waals surface area contributed by atoms with Crippen molar-refractivity contribution in [2.45, 2.75) is 43.9 Å². The van der Waals surface area contributed by atoms with E-state index >= 15 is 0 Å². The van der Waals surface area contributed by atoms with Gasteiger partial charge in [-0.2, -0.15) is 0 Å². The number of hydrogen-bond acceptors (Lipinski definition) is 1. The Morgan fingerprint density at radius 3 is 1.41 bits per heavy atom. The summed E-state index contributed by atoms with van der Waals surface area (Å²) in [6.45, 7) is 9.56. The predicted octanol–water partition coefficient (Wildman–Crippen LogP) is 19.1. The third kappa shape index (κ3) is 5.81. The second-order valence-corrected chi connectivity index (χ2v) is 21.9. The number of benzene rings is 11. The van der Waals surface area contributed by atoms with Gasteiger partial charge in [0.05, 0.1) is 11.1 Å². The number of anilines is 3. The molecule has 0 aromatic heterocycles. The third-order valence-corrected chi connectivity index (χ3v) is 17.5. The lowest BCUT2D eigenvalue weighted by molar-refractivity contribution is 0.660. The lowest BCUT2D eigenvalue weighted by Gasteiger charge is -2.32. The van der Waals surface area contributed by atoms with E-state index in [1.807, 2.05) is 0 Å². The fourth-order valence-electron chi connectivity index (χ4n) is 14.1. The van der Waals surface area contributed by atoms with Gasteiger partial charge in [0.15, 0.2) is 0 Å². The molecule has 0 heterocycles. The Labute approximate surface area is 434 Å². The monoisotopic (exact) mass is 943 g/mol. The molecule has 15 rings (SSSR count). The molecule has 0 N–H and O–H groups in total. The van der Waals surface area contributed by atoms with Gasteiger partial charge in [-0.3, -0.25) is 0 Å². The second-order valence-electron chi connectivity index (χ2n) is 21.9. The van der Waals surface area contributed by atoms with Crippen molar-refractivity contribution in [2.75, 3.05) is 4.90 Å². The molecular weight excluding hydrogens is 891 g/mol. The van der Waals surface area contributed by atoms with E-state index in [1.165, 1.54) is 122 Å². The lowest BCUT2D eigenvalue weighted by Crippen LogP contribution is -2.26. The fourth-order valence-corrected chi connectivity index (χ4v) is 14.1. The van der Waals surface area contributed by atoms with E-state index in [-0.39, 0.29) is 10.8 Å². The number of rotatable bonds is 6. The van der Waals surface area contributed by atoms with E-state index in [2.05, 4.69) is 281 Å². The molecule has 0 aliphatic heterocycles. The second kappa shape index (κ2) is 15.6. The van der Waals surface area contributed by atoms with Gasteiger partial charge < -0.3 is 4.90 Å². The van der Waals surface area contributed by atoms with Crippen LogP contribution in [-0.2, 0) is 16.2 Å². The van der Waals surface area contributed by atoms with Gasteiger partial charge in [0.25, 0.3) is 0 Å². The van der Waals surface area contributed by atoms with Crippen LogP contribution in [0.25, 0.3) is 77.9 Å². The number of hydrogen-bond donors (Lipinski definition) is 0. The van der Waals surface area contributed by atoms with E-state index in [1.54, 1.807) is 0 Å². The summed E-state index contributed by atoms with van der Waals surface area (Å²) in [6, 6.07) is 94.0. The van der Waals surface area contributed by atoms with Crippen LogP contribution in [0.15, 0.2) is 249 Å². The van der Waals surface area contributed by atoms with Gasteiger partial charge in [-0.15, -0.1) is 0 Å². The molecule has 350 valence electrons.